The molecule has 0 radical (unpaired) electrons. The van der Waals surface area contributed by atoms with E-state index in [9.17, 15) is 4.79 Å². The molecule has 4 heteroatoms. The van der Waals surface area contributed by atoms with Gasteiger partial charge in [0, 0.05) is 19.6 Å². The van der Waals surface area contributed by atoms with Crippen molar-refractivity contribution in [1.29, 1.82) is 0 Å². The highest BCUT2D eigenvalue weighted by atomic mass is 16.2. The largest absolute Gasteiger partial charge is 0.341 e. The third-order valence-corrected chi connectivity index (χ3v) is 2.06. The van der Waals surface area contributed by atoms with Gasteiger partial charge in [-0.25, -0.2) is 4.79 Å². The average molecular weight is 197 g/mol. The summed E-state index contributed by atoms with van der Waals surface area (Å²) in [4.78, 5) is 10.4. The monoisotopic (exact) mass is 197 g/mol. The van der Waals surface area contributed by atoms with Crippen LogP contribution in [0.3, 0.4) is 0 Å². The highest BCUT2D eigenvalue weighted by Gasteiger charge is 2.22. The van der Waals surface area contributed by atoms with Gasteiger partial charge in [0.2, 0.25) is 0 Å². The highest BCUT2D eigenvalue weighted by Crippen LogP contribution is 2.17. The zero-order chi connectivity index (χ0) is 10.2. The molecule has 0 aromatic carbocycles. The minimum Gasteiger partial charge on any atom is -0.341 e. The molecule has 4 nitrogen and oxygen atoms in total. The van der Waals surface area contributed by atoms with E-state index in [1.165, 1.54) is 6.42 Å². The van der Waals surface area contributed by atoms with E-state index in [1.807, 2.05) is 0 Å². The van der Waals surface area contributed by atoms with Crippen molar-refractivity contribution >= 4 is 6.03 Å². The highest BCUT2D eigenvalue weighted by molar-refractivity contribution is 5.74. The van der Waals surface area contributed by atoms with Gasteiger partial charge in [-0.15, -0.1) is 0 Å². The molecule has 1 fully saturated rings. The molecule has 0 aromatic rings. The van der Waals surface area contributed by atoms with Crippen LogP contribution in [0.25, 0.3) is 0 Å². The second kappa shape index (κ2) is 6.43. The molecule has 0 unspecified atom stereocenters. The fraction of sp³-hybridized carbons (Fsp3) is 0.700. The molecule has 0 spiro atoms. The molecule has 14 heavy (non-hydrogen) atoms. The lowest BCUT2D eigenvalue weighted by molar-refractivity contribution is 0.242. The molecule has 0 atom stereocenters. The maximum Gasteiger partial charge on any atom is 0.314 e. The van der Waals surface area contributed by atoms with Crippen LogP contribution in [-0.2, 0) is 0 Å². The van der Waals surface area contributed by atoms with E-state index < -0.39 is 0 Å². The Morgan fingerprint density at radius 3 is 2.50 bits per heavy atom. The summed E-state index contributed by atoms with van der Waals surface area (Å²) < 4.78 is 0. The Balaban J connectivity index is 0.000000146. The van der Waals surface area contributed by atoms with Gasteiger partial charge in [-0.3, -0.25) is 0 Å². The fourth-order valence-electron chi connectivity index (χ4n) is 1.06. The van der Waals surface area contributed by atoms with Crippen molar-refractivity contribution in [2.75, 3.05) is 20.1 Å². The number of amides is 2. The van der Waals surface area contributed by atoms with Gasteiger partial charge in [0.25, 0.3) is 0 Å². The topological polar surface area (TPSA) is 53.2 Å². The number of carbonyl (C=O) groups excluding carboxylic acids is 1. The standard InChI is InChI=1S/C5H10N2O.C5H9N/c1-6-5(8)7-4-2-3-4;1-2-4-6-5-3-1/h4H,2-3H2,1H3,(H2,6,7,8);1-2,6H,3-5H2. The zero-order valence-corrected chi connectivity index (χ0v) is 8.68. The van der Waals surface area contributed by atoms with Crippen molar-refractivity contribution in [2.24, 2.45) is 0 Å². The Hall–Kier alpha value is -1.03. The van der Waals surface area contributed by atoms with Crippen LogP contribution in [0.1, 0.15) is 19.3 Å². The molecule has 2 aliphatic rings. The molecular weight excluding hydrogens is 178 g/mol. The molecule has 1 heterocycles. The molecule has 0 saturated heterocycles. The predicted octanol–water partition coefficient (Wildman–Crippen LogP) is 0.614. The van der Waals surface area contributed by atoms with Crippen LogP contribution in [0.4, 0.5) is 4.79 Å². The van der Waals surface area contributed by atoms with Crippen LogP contribution < -0.4 is 16.0 Å². The summed E-state index contributed by atoms with van der Waals surface area (Å²) in [6.45, 7) is 2.23. The maximum atomic E-state index is 10.4. The summed E-state index contributed by atoms with van der Waals surface area (Å²) in [6.07, 6.45) is 7.86. The normalized spacial score (nSPS) is 19.2. The van der Waals surface area contributed by atoms with Crippen molar-refractivity contribution in [2.45, 2.75) is 25.3 Å². The van der Waals surface area contributed by atoms with E-state index in [-0.39, 0.29) is 6.03 Å². The van der Waals surface area contributed by atoms with E-state index in [2.05, 4.69) is 28.1 Å². The molecule has 0 bridgehead atoms. The minimum atomic E-state index is -0.0625. The third kappa shape index (κ3) is 5.59. The predicted molar refractivity (Wildman–Crippen MR) is 57.2 cm³/mol. The molecule has 1 aliphatic carbocycles. The SMILES string of the molecule is C1=CCNCC1.CNC(=O)NC1CC1. The molecule has 2 amide bonds. The average Bonchev–Trinajstić information content (AvgIpc) is 3.05. The van der Waals surface area contributed by atoms with Crippen molar-refractivity contribution in [3.63, 3.8) is 0 Å². The Bertz CT molecular complexity index is 192. The van der Waals surface area contributed by atoms with Gasteiger partial charge < -0.3 is 16.0 Å². The number of carbonyl (C=O) groups is 1. The third-order valence-electron chi connectivity index (χ3n) is 2.06. The van der Waals surface area contributed by atoms with Gasteiger partial charge in [-0.05, 0) is 25.8 Å². The maximum absolute atomic E-state index is 10.4. The zero-order valence-electron chi connectivity index (χ0n) is 8.68. The Kier molecular flexibility index (Phi) is 5.07. The molecule has 0 aromatic heterocycles. The number of hydrogen-bond donors (Lipinski definition) is 3. The van der Waals surface area contributed by atoms with Crippen LogP contribution in [0.15, 0.2) is 12.2 Å². The van der Waals surface area contributed by atoms with Crippen LogP contribution in [0.2, 0.25) is 0 Å². The first-order chi connectivity index (χ1) is 6.83. The second-order valence-corrected chi connectivity index (χ2v) is 3.46. The second-order valence-electron chi connectivity index (χ2n) is 3.46. The lowest BCUT2D eigenvalue weighted by Gasteiger charge is -2.01. The first-order valence-corrected chi connectivity index (χ1v) is 5.17. The van der Waals surface area contributed by atoms with Gasteiger partial charge in [0.15, 0.2) is 0 Å². The Morgan fingerprint density at radius 1 is 1.43 bits per heavy atom. The van der Waals surface area contributed by atoms with Gasteiger partial charge >= 0.3 is 6.03 Å². The number of rotatable bonds is 1. The van der Waals surface area contributed by atoms with Gasteiger partial charge in [-0.1, -0.05) is 12.2 Å². The summed E-state index contributed by atoms with van der Waals surface area (Å²) in [5.74, 6) is 0. The lowest BCUT2D eigenvalue weighted by Crippen LogP contribution is -2.34. The first kappa shape index (κ1) is 11.0. The van der Waals surface area contributed by atoms with Crippen molar-refractivity contribution in [3.8, 4) is 0 Å². The van der Waals surface area contributed by atoms with Crippen molar-refractivity contribution in [1.82, 2.24) is 16.0 Å². The quantitative estimate of drug-likeness (QED) is 0.540. The van der Waals surface area contributed by atoms with Gasteiger partial charge in [0.1, 0.15) is 0 Å². The lowest BCUT2D eigenvalue weighted by atomic mass is 10.3. The smallest absolute Gasteiger partial charge is 0.314 e. The number of urea groups is 1. The van der Waals surface area contributed by atoms with Gasteiger partial charge in [0.05, 0.1) is 0 Å². The van der Waals surface area contributed by atoms with E-state index in [4.69, 9.17) is 0 Å². The van der Waals surface area contributed by atoms with Crippen molar-refractivity contribution in [3.05, 3.63) is 12.2 Å². The molecule has 3 N–H and O–H groups in total. The summed E-state index contributed by atoms with van der Waals surface area (Å²) >= 11 is 0. The van der Waals surface area contributed by atoms with E-state index >= 15 is 0 Å². The summed E-state index contributed by atoms with van der Waals surface area (Å²) in [7, 11) is 1.62. The summed E-state index contributed by atoms with van der Waals surface area (Å²) in [6, 6.07) is 0.405. The van der Waals surface area contributed by atoms with Crippen LogP contribution in [0, 0.1) is 0 Å². The summed E-state index contributed by atoms with van der Waals surface area (Å²) in [5, 5.41) is 8.44. The first-order valence-electron chi connectivity index (χ1n) is 5.17. The molecular formula is C10H19N3O. The molecule has 2 rings (SSSR count). The minimum absolute atomic E-state index is 0.0625. The number of nitrogens with one attached hydrogen (secondary N) is 3. The molecule has 1 aliphatic heterocycles. The number of hydrogen-bond acceptors (Lipinski definition) is 2. The Labute approximate surface area is 85.1 Å². The van der Waals surface area contributed by atoms with E-state index in [0.29, 0.717) is 6.04 Å². The van der Waals surface area contributed by atoms with Crippen LogP contribution >= 0.6 is 0 Å². The summed E-state index contributed by atoms with van der Waals surface area (Å²) in [5.41, 5.74) is 0. The van der Waals surface area contributed by atoms with E-state index in [1.54, 1.807) is 7.05 Å². The van der Waals surface area contributed by atoms with Crippen LogP contribution in [0.5, 0.6) is 0 Å². The Morgan fingerprint density at radius 2 is 2.21 bits per heavy atom. The molecule has 80 valence electrons. The van der Waals surface area contributed by atoms with Crippen LogP contribution in [-0.4, -0.2) is 32.2 Å². The van der Waals surface area contributed by atoms with Crippen molar-refractivity contribution < 1.29 is 4.79 Å². The molecule has 1 saturated carbocycles. The van der Waals surface area contributed by atoms with Gasteiger partial charge in [-0.2, -0.15) is 0 Å². The fourth-order valence-corrected chi connectivity index (χ4v) is 1.06. The van der Waals surface area contributed by atoms with E-state index in [0.717, 1.165) is 25.9 Å².